The first kappa shape index (κ1) is 10.7. The molecule has 1 aliphatic rings. The van der Waals surface area contributed by atoms with Gasteiger partial charge >= 0.3 is 0 Å². The molecule has 1 aromatic carbocycles. The first-order valence-electron chi connectivity index (χ1n) is 6.04. The second-order valence-corrected chi connectivity index (χ2v) is 4.70. The summed E-state index contributed by atoms with van der Waals surface area (Å²) in [4.78, 5) is 0. The first-order chi connectivity index (χ1) is 7.31. The van der Waals surface area contributed by atoms with E-state index in [0.29, 0.717) is 5.92 Å². The molecule has 1 nitrogen and oxygen atoms in total. The van der Waals surface area contributed by atoms with Crippen molar-refractivity contribution in [2.45, 2.75) is 38.7 Å². The van der Waals surface area contributed by atoms with Gasteiger partial charge in [-0.1, -0.05) is 50.1 Å². The molecule has 0 spiro atoms. The fourth-order valence-electron chi connectivity index (χ4n) is 2.69. The third kappa shape index (κ3) is 2.40. The SMILES string of the molecule is CCC1CCC(C(O)c2ccccc2)C1. The van der Waals surface area contributed by atoms with E-state index in [1.54, 1.807) is 0 Å². The summed E-state index contributed by atoms with van der Waals surface area (Å²) in [6.07, 6.45) is 4.70. The summed E-state index contributed by atoms with van der Waals surface area (Å²) >= 11 is 0. The Morgan fingerprint density at radius 1 is 1.27 bits per heavy atom. The zero-order chi connectivity index (χ0) is 10.7. The topological polar surface area (TPSA) is 20.2 Å². The first-order valence-corrected chi connectivity index (χ1v) is 6.04. The molecule has 1 aliphatic carbocycles. The van der Waals surface area contributed by atoms with Gasteiger partial charge in [0.2, 0.25) is 0 Å². The van der Waals surface area contributed by atoms with Gasteiger partial charge in [0.25, 0.3) is 0 Å². The van der Waals surface area contributed by atoms with Crippen LogP contribution in [0.5, 0.6) is 0 Å². The minimum absolute atomic E-state index is 0.247. The van der Waals surface area contributed by atoms with Crippen LogP contribution >= 0.6 is 0 Å². The number of aliphatic hydroxyl groups is 1. The predicted molar refractivity (Wildman–Crippen MR) is 62.5 cm³/mol. The Kier molecular flexibility index (Phi) is 3.42. The van der Waals surface area contributed by atoms with Crippen molar-refractivity contribution in [2.24, 2.45) is 11.8 Å². The van der Waals surface area contributed by atoms with Crippen molar-refractivity contribution in [3.63, 3.8) is 0 Å². The largest absolute Gasteiger partial charge is 0.388 e. The molecule has 3 unspecified atom stereocenters. The molecule has 0 radical (unpaired) electrons. The van der Waals surface area contributed by atoms with Gasteiger partial charge in [0.15, 0.2) is 0 Å². The summed E-state index contributed by atoms with van der Waals surface area (Å²) in [6.45, 7) is 2.25. The highest BCUT2D eigenvalue weighted by atomic mass is 16.3. The Bertz CT molecular complexity index is 293. The van der Waals surface area contributed by atoms with Crippen LogP contribution in [0.25, 0.3) is 0 Å². The van der Waals surface area contributed by atoms with E-state index in [1.165, 1.54) is 25.7 Å². The second-order valence-electron chi connectivity index (χ2n) is 4.70. The van der Waals surface area contributed by atoms with Crippen LogP contribution in [0.3, 0.4) is 0 Å². The minimum Gasteiger partial charge on any atom is -0.388 e. The Hall–Kier alpha value is -0.820. The summed E-state index contributed by atoms with van der Waals surface area (Å²) < 4.78 is 0. The van der Waals surface area contributed by atoms with E-state index in [4.69, 9.17) is 0 Å². The standard InChI is InChI=1S/C14H20O/c1-2-11-8-9-13(10-11)14(15)12-6-4-3-5-7-12/h3-7,11,13-15H,2,8-10H2,1H3. The van der Waals surface area contributed by atoms with E-state index < -0.39 is 0 Å². The van der Waals surface area contributed by atoms with Crippen molar-refractivity contribution in [3.8, 4) is 0 Å². The van der Waals surface area contributed by atoms with Gasteiger partial charge in [-0.3, -0.25) is 0 Å². The molecule has 1 N–H and O–H groups in total. The van der Waals surface area contributed by atoms with E-state index in [1.807, 2.05) is 30.3 Å². The maximum atomic E-state index is 10.2. The highest BCUT2D eigenvalue weighted by Gasteiger charge is 2.29. The smallest absolute Gasteiger partial charge is 0.0818 e. The molecule has 1 heteroatoms. The van der Waals surface area contributed by atoms with E-state index in [2.05, 4.69) is 6.92 Å². The molecule has 2 rings (SSSR count). The lowest BCUT2D eigenvalue weighted by Crippen LogP contribution is -2.09. The summed E-state index contributed by atoms with van der Waals surface area (Å²) in [6, 6.07) is 10.1. The van der Waals surface area contributed by atoms with Crippen LogP contribution in [-0.2, 0) is 0 Å². The van der Waals surface area contributed by atoms with Crippen molar-refractivity contribution < 1.29 is 5.11 Å². The van der Waals surface area contributed by atoms with E-state index in [9.17, 15) is 5.11 Å². The van der Waals surface area contributed by atoms with Crippen molar-refractivity contribution >= 4 is 0 Å². The highest BCUT2D eigenvalue weighted by Crippen LogP contribution is 2.40. The fourth-order valence-corrected chi connectivity index (χ4v) is 2.69. The molecule has 0 amide bonds. The molecule has 1 aromatic rings. The number of hydrogen-bond donors (Lipinski definition) is 1. The lowest BCUT2D eigenvalue weighted by Gasteiger charge is -2.18. The molecular formula is C14H20O. The van der Waals surface area contributed by atoms with Gasteiger partial charge in [0, 0.05) is 0 Å². The maximum Gasteiger partial charge on any atom is 0.0818 e. The molecule has 1 fully saturated rings. The van der Waals surface area contributed by atoms with Gasteiger partial charge in [-0.15, -0.1) is 0 Å². The minimum atomic E-state index is -0.247. The van der Waals surface area contributed by atoms with Crippen LogP contribution in [0, 0.1) is 11.8 Å². The fraction of sp³-hybridized carbons (Fsp3) is 0.571. The van der Waals surface area contributed by atoms with Crippen molar-refractivity contribution in [1.29, 1.82) is 0 Å². The Balaban J connectivity index is 2.00. The number of aliphatic hydroxyl groups excluding tert-OH is 1. The number of hydrogen-bond acceptors (Lipinski definition) is 1. The van der Waals surface area contributed by atoms with Crippen molar-refractivity contribution in [3.05, 3.63) is 35.9 Å². The quantitative estimate of drug-likeness (QED) is 0.798. The zero-order valence-corrected chi connectivity index (χ0v) is 9.39. The zero-order valence-electron chi connectivity index (χ0n) is 9.39. The summed E-state index contributed by atoms with van der Waals surface area (Å²) in [5.74, 6) is 1.32. The van der Waals surface area contributed by atoms with Gasteiger partial charge in [0.05, 0.1) is 6.10 Å². The molecular weight excluding hydrogens is 184 g/mol. The Morgan fingerprint density at radius 3 is 2.60 bits per heavy atom. The third-order valence-corrected chi connectivity index (χ3v) is 3.75. The molecule has 0 bridgehead atoms. The molecule has 0 saturated heterocycles. The van der Waals surface area contributed by atoms with Gasteiger partial charge in [-0.25, -0.2) is 0 Å². The maximum absolute atomic E-state index is 10.2. The summed E-state index contributed by atoms with van der Waals surface area (Å²) in [5, 5.41) is 10.2. The Labute approximate surface area is 92.1 Å². The molecule has 0 aliphatic heterocycles. The van der Waals surface area contributed by atoms with E-state index in [0.717, 1.165) is 11.5 Å². The molecule has 0 aromatic heterocycles. The van der Waals surface area contributed by atoms with Gasteiger partial charge in [-0.2, -0.15) is 0 Å². The van der Waals surface area contributed by atoms with E-state index in [-0.39, 0.29) is 6.10 Å². The molecule has 0 heterocycles. The van der Waals surface area contributed by atoms with Crippen LogP contribution in [0.2, 0.25) is 0 Å². The Morgan fingerprint density at radius 2 is 2.00 bits per heavy atom. The van der Waals surface area contributed by atoms with Crippen LogP contribution < -0.4 is 0 Å². The predicted octanol–water partition coefficient (Wildman–Crippen LogP) is 3.55. The van der Waals surface area contributed by atoms with Crippen LogP contribution in [0.1, 0.15) is 44.3 Å². The van der Waals surface area contributed by atoms with E-state index >= 15 is 0 Å². The van der Waals surface area contributed by atoms with Crippen LogP contribution in [0.4, 0.5) is 0 Å². The summed E-state index contributed by atoms with van der Waals surface area (Å²) in [7, 11) is 0. The molecule has 3 atom stereocenters. The van der Waals surface area contributed by atoms with Gasteiger partial charge < -0.3 is 5.11 Å². The van der Waals surface area contributed by atoms with Crippen LogP contribution in [-0.4, -0.2) is 5.11 Å². The lowest BCUT2D eigenvalue weighted by molar-refractivity contribution is 0.109. The van der Waals surface area contributed by atoms with Crippen LogP contribution in [0.15, 0.2) is 30.3 Å². The average molecular weight is 204 g/mol. The van der Waals surface area contributed by atoms with Crippen molar-refractivity contribution in [1.82, 2.24) is 0 Å². The average Bonchev–Trinajstić information content (AvgIpc) is 2.78. The van der Waals surface area contributed by atoms with Crippen molar-refractivity contribution in [2.75, 3.05) is 0 Å². The normalized spacial score (nSPS) is 27.9. The highest BCUT2D eigenvalue weighted by molar-refractivity contribution is 5.18. The third-order valence-electron chi connectivity index (χ3n) is 3.75. The molecule has 15 heavy (non-hydrogen) atoms. The van der Waals surface area contributed by atoms with Gasteiger partial charge in [0.1, 0.15) is 0 Å². The number of rotatable bonds is 3. The lowest BCUT2D eigenvalue weighted by atomic mass is 9.93. The summed E-state index contributed by atoms with van der Waals surface area (Å²) in [5.41, 5.74) is 1.08. The molecule has 82 valence electrons. The second kappa shape index (κ2) is 4.80. The van der Waals surface area contributed by atoms with Gasteiger partial charge in [-0.05, 0) is 30.2 Å². The number of benzene rings is 1. The molecule has 1 saturated carbocycles. The monoisotopic (exact) mass is 204 g/mol.